The maximum Gasteiger partial charge on any atom is 0.341 e. The molecule has 0 aliphatic heterocycles. The Bertz CT molecular complexity index is 418. The first kappa shape index (κ1) is 12.8. The van der Waals surface area contributed by atoms with Gasteiger partial charge in [0, 0.05) is 0 Å². The third-order valence-electron chi connectivity index (χ3n) is 1.84. The van der Waals surface area contributed by atoms with Crippen molar-refractivity contribution in [1.29, 1.82) is 0 Å². The van der Waals surface area contributed by atoms with Gasteiger partial charge >= 0.3 is 5.97 Å². The van der Waals surface area contributed by atoms with Gasteiger partial charge in [0.05, 0.1) is 12.8 Å². The summed E-state index contributed by atoms with van der Waals surface area (Å²) in [7, 11) is 0. The van der Waals surface area contributed by atoms with Crippen molar-refractivity contribution in [2.75, 3.05) is 13.2 Å². The fourth-order valence-electron chi connectivity index (χ4n) is 1.22. The van der Waals surface area contributed by atoms with Crippen molar-refractivity contribution in [1.82, 2.24) is 0 Å². The van der Waals surface area contributed by atoms with E-state index in [1.807, 2.05) is 6.92 Å². The van der Waals surface area contributed by atoms with Crippen LogP contribution in [0.1, 0.15) is 12.5 Å². The molecule has 0 radical (unpaired) electrons. The fraction of sp³-hybridized carbons (Fsp3) is 0.273. The van der Waals surface area contributed by atoms with Crippen molar-refractivity contribution in [2.24, 2.45) is 10.9 Å². The van der Waals surface area contributed by atoms with E-state index in [0.717, 1.165) is 5.56 Å². The summed E-state index contributed by atoms with van der Waals surface area (Å²) in [5.41, 5.74) is 0.749. The fourth-order valence-corrected chi connectivity index (χ4v) is 1.22. The van der Waals surface area contributed by atoms with E-state index in [2.05, 4.69) is 5.10 Å². The Morgan fingerprint density at radius 1 is 1.47 bits per heavy atom. The number of hydrogen-bond acceptors (Lipinski definition) is 5. The van der Waals surface area contributed by atoms with E-state index in [1.54, 1.807) is 18.2 Å². The SMILES string of the molecule is CCOc1cc(/C=N/N)ccc1OCC(=O)O. The second-order valence-corrected chi connectivity index (χ2v) is 3.10. The van der Waals surface area contributed by atoms with Crippen molar-refractivity contribution in [2.45, 2.75) is 6.92 Å². The van der Waals surface area contributed by atoms with Crippen molar-refractivity contribution in [3.05, 3.63) is 23.8 Å². The third kappa shape index (κ3) is 4.02. The third-order valence-corrected chi connectivity index (χ3v) is 1.84. The summed E-state index contributed by atoms with van der Waals surface area (Å²) in [6.07, 6.45) is 1.46. The van der Waals surface area contributed by atoms with E-state index >= 15 is 0 Å². The molecular weight excluding hydrogens is 224 g/mol. The van der Waals surface area contributed by atoms with Gasteiger partial charge in [-0.15, -0.1) is 0 Å². The molecule has 0 aliphatic carbocycles. The van der Waals surface area contributed by atoms with E-state index in [-0.39, 0.29) is 0 Å². The highest BCUT2D eigenvalue weighted by atomic mass is 16.5. The zero-order chi connectivity index (χ0) is 12.7. The van der Waals surface area contributed by atoms with Gasteiger partial charge in [-0.3, -0.25) is 0 Å². The largest absolute Gasteiger partial charge is 0.490 e. The van der Waals surface area contributed by atoms with Crippen LogP contribution in [0.25, 0.3) is 0 Å². The van der Waals surface area contributed by atoms with Crippen LogP contribution in [0.2, 0.25) is 0 Å². The van der Waals surface area contributed by atoms with Gasteiger partial charge in [0.1, 0.15) is 0 Å². The molecule has 0 aromatic heterocycles. The lowest BCUT2D eigenvalue weighted by Gasteiger charge is -2.10. The van der Waals surface area contributed by atoms with E-state index < -0.39 is 12.6 Å². The predicted molar refractivity (Wildman–Crippen MR) is 62.5 cm³/mol. The molecular formula is C11H14N2O4. The number of rotatable bonds is 6. The molecule has 0 unspecified atom stereocenters. The Kier molecular flexibility index (Phi) is 4.80. The highest BCUT2D eigenvalue weighted by molar-refractivity contribution is 5.80. The van der Waals surface area contributed by atoms with E-state index in [1.165, 1.54) is 6.21 Å². The van der Waals surface area contributed by atoms with Crippen molar-refractivity contribution >= 4 is 12.2 Å². The molecule has 0 heterocycles. The Balaban J connectivity index is 2.90. The number of carbonyl (C=O) groups is 1. The second-order valence-electron chi connectivity index (χ2n) is 3.10. The molecule has 0 amide bonds. The molecule has 0 saturated heterocycles. The molecule has 1 aromatic rings. The molecule has 1 aromatic carbocycles. The minimum atomic E-state index is -1.04. The average molecular weight is 238 g/mol. The van der Waals surface area contributed by atoms with Gasteiger partial charge in [-0.1, -0.05) is 0 Å². The Hall–Kier alpha value is -2.24. The van der Waals surface area contributed by atoms with Gasteiger partial charge in [-0.25, -0.2) is 4.79 Å². The van der Waals surface area contributed by atoms with Crippen LogP contribution in [0.4, 0.5) is 0 Å². The minimum Gasteiger partial charge on any atom is -0.490 e. The lowest BCUT2D eigenvalue weighted by molar-refractivity contribution is -0.139. The number of nitrogens with two attached hydrogens (primary N) is 1. The predicted octanol–water partition coefficient (Wildman–Crippen LogP) is 0.841. The van der Waals surface area contributed by atoms with Gasteiger partial charge < -0.3 is 20.4 Å². The van der Waals surface area contributed by atoms with Crippen molar-refractivity contribution in [3.63, 3.8) is 0 Å². The van der Waals surface area contributed by atoms with Crippen LogP contribution in [0.3, 0.4) is 0 Å². The monoisotopic (exact) mass is 238 g/mol. The topological polar surface area (TPSA) is 94.1 Å². The molecule has 6 heteroatoms. The zero-order valence-electron chi connectivity index (χ0n) is 9.42. The van der Waals surface area contributed by atoms with Crippen LogP contribution in [0.15, 0.2) is 23.3 Å². The average Bonchev–Trinajstić information content (AvgIpc) is 2.28. The molecule has 0 saturated carbocycles. The number of benzene rings is 1. The van der Waals surface area contributed by atoms with Crippen LogP contribution in [-0.2, 0) is 4.79 Å². The molecule has 1 rings (SSSR count). The first-order chi connectivity index (χ1) is 8.17. The molecule has 0 fully saturated rings. The van der Waals surface area contributed by atoms with Crippen LogP contribution in [-0.4, -0.2) is 30.5 Å². The summed E-state index contributed by atoms with van der Waals surface area (Å²) >= 11 is 0. The van der Waals surface area contributed by atoms with Crippen LogP contribution >= 0.6 is 0 Å². The molecule has 0 bridgehead atoms. The summed E-state index contributed by atoms with van der Waals surface area (Å²) in [6, 6.07) is 5.00. The second kappa shape index (κ2) is 6.37. The van der Waals surface area contributed by atoms with Crippen molar-refractivity contribution in [3.8, 4) is 11.5 Å². The number of aliphatic carboxylic acids is 1. The Morgan fingerprint density at radius 2 is 2.24 bits per heavy atom. The van der Waals surface area contributed by atoms with Crippen LogP contribution in [0.5, 0.6) is 11.5 Å². The highest BCUT2D eigenvalue weighted by Gasteiger charge is 2.07. The number of carboxylic acid groups (broad SMARTS) is 1. The maximum absolute atomic E-state index is 10.4. The summed E-state index contributed by atoms with van der Waals surface area (Å²) in [5, 5.41) is 11.9. The minimum absolute atomic E-state index is 0.378. The maximum atomic E-state index is 10.4. The lowest BCUT2D eigenvalue weighted by atomic mass is 10.2. The van der Waals surface area contributed by atoms with Crippen molar-refractivity contribution < 1.29 is 19.4 Å². The first-order valence-corrected chi connectivity index (χ1v) is 5.02. The summed E-state index contributed by atoms with van der Waals surface area (Å²) < 4.78 is 10.4. The summed E-state index contributed by atoms with van der Waals surface area (Å²) in [6.45, 7) is 1.86. The normalized spacial score (nSPS) is 10.4. The van der Waals surface area contributed by atoms with E-state index in [4.69, 9.17) is 20.4 Å². The molecule has 92 valence electrons. The smallest absolute Gasteiger partial charge is 0.341 e. The van der Waals surface area contributed by atoms with Crippen LogP contribution < -0.4 is 15.3 Å². The molecule has 0 atom stereocenters. The number of carboxylic acids is 1. The van der Waals surface area contributed by atoms with Gasteiger partial charge in [-0.2, -0.15) is 5.10 Å². The molecule has 0 spiro atoms. The number of nitrogens with zero attached hydrogens (tertiary/aromatic N) is 1. The standard InChI is InChI=1S/C11H14N2O4/c1-2-16-10-5-8(6-13-12)3-4-9(10)17-7-11(14)15/h3-6H,2,7,12H2,1H3,(H,14,15)/b13-6+. The molecule has 6 nitrogen and oxygen atoms in total. The van der Waals surface area contributed by atoms with Crippen LogP contribution in [0, 0.1) is 0 Å². The van der Waals surface area contributed by atoms with E-state index in [0.29, 0.717) is 18.1 Å². The molecule has 17 heavy (non-hydrogen) atoms. The molecule has 0 aliphatic rings. The number of hydrogen-bond donors (Lipinski definition) is 2. The first-order valence-electron chi connectivity index (χ1n) is 5.02. The van der Waals surface area contributed by atoms with Gasteiger partial charge in [0.15, 0.2) is 18.1 Å². The number of hydrazone groups is 1. The van der Waals surface area contributed by atoms with E-state index in [9.17, 15) is 4.79 Å². The summed E-state index contributed by atoms with van der Waals surface area (Å²) in [5.74, 6) is 4.84. The Morgan fingerprint density at radius 3 is 2.82 bits per heavy atom. The summed E-state index contributed by atoms with van der Waals surface area (Å²) in [4.78, 5) is 10.4. The van der Waals surface area contributed by atoms with Gasteiger partial charge in [0.2, 0.25) is 0 Å². The zero-order valence-corrected chi connectivity index (χ0v) is 9.42. The van der Waals surface area contributed by atoms with Gasteiger partial charge in [0.25, 0.3) is 0 Å². The quantitative estimate of drug-likeness (QED) is 0.435. The lowest BCUT2D eigenvalue weighted by Crippen LogP contribution is -2.10. The highest BCUT2D eigenvalue weighted by Crippen LogP contribution is 2.27. The molecule has 3 N–H and O–H groups in total. The van der Waals surface area contributed by atoms with Gasteiger partial charge in [-0.05, 0) is 30.7 Å². The number of ether oxygens (including phenoxy) is 2. The Labute approximate surface area is 98.6 Å².